The number of nitrogens with zero attached hydrogens (tertiary/aromatic N) is 1. The van der Waals surface area contributed by atoms with Crippen LogP contribution in [0.5, 0.6) is 0 Å². The van der Waals surface area contributed by atoms with Gasteiger partial charge in [0.1, 0.15) is 0 Å². The quantitative estimate of drug-likeness (QED) is 0.651. The largest absolute Gasteiger partial charge is 0.462 e. The van der Waals surface area contributed by atoms with Gasteiger partial charge in [-0.25, -0.2) is 14.6 Å². The minimum absolute atomic E-state index is 0.322. The van der Waals surface area contributed by atoms with E-state index in [0.29, 0.717) is 23.0 Å². The highest BCUT2D eigenvalue weighted by molar-refractivity contribution is 7.22. The maximum absolute atomic E-state index is 12.2. The molecular weight excluding hydrogens is 350 g/mol. The van der Waals surface area contributed by atoms with Gasteiger partial charge in [-0.2, -0.15) is 0 Å². The molecule has 0 aliphatic rings. The van der Waals surface area contributed by atoms with Crippen LogP contribution in [0.1, 0.15) is 28.4 Å². The zero-order chi connectivity index (χ0) is 18.7. The van der Waals surface area contributed by atoms with E-state index in [2.05, 4.69) is 21.7 Å². The average molecular weight is 369 g/mol. The van der Waals surface area contributed by atoms with Crippen LogP contribution < -0.4 is 10.6 Å². The van der Waals surface area contributed by atoms with Crippen molar-refractivity contribution in [1.82, 2.24) is 4.98 Å². The highest BCUT2D eigenvalue weighted by Gasteiger charge is 2.10. The molecule has 0 aliphatic carbocycles. The van der Waals surface area contributed by atoms with E-state index in [0.717, 1.165) is 10.2 Å². The number of urea groups is 1. The Morgan fingerprint density at radius 1 is 1.08 bits per heavy atom. The molecule has 2 amide bonds. The van der Waals surface area contributed by atoms with E-state index in [9.17, 15) is 9.59 Å². The standard InChI is InChI=1S/C19H19N3O3S/c1-4-25-17(23)13-5-7-14(8-6-13)20-18(24)22-19-21-15-9-11(2)12(3)10-16(15)26-19/h5-10H,4H2,1-3H3,(H2,20,21,22,24). The van der Waals surface area contributed by atoms with Gasteiger partial charge in [0.05, 0.1) is 22.4 Å². The molecule has 0 spiro atoms. The highest BCUT2D eigenvalue weighted by Crippen LogP contribution is 2.28. The molecule has 0 atom stereocenters. The second-order valence-corrected chi connectivity index (χ2v) is 6.83. The summed E-state index contributed by atoms with van der Waals surface area (Å²) >= 11 is 1.43. The number of carbonyl (C=O) groups is 2. The summed E-state index contributed by atoms with van der Waals surface area (Å²) in [6, 6.07) is 10.2. The number of fused-ring (bicyclic) bond motifs is 1. The number of esters is 1. The molecule has 0 saturated carbocycles. The Bertz CT molecular complexity index is 925. The summed E-state index contributed by atoms with van der Waals surface area (Å²) in [4.78, 5) is 28.2. The molecule has 3 rings (SSSR count). The molecule has 0 fully saturated rings. The minimum Gasteiger partial charge on any atom is -0.462 e. The molecule has 1 heterocycles. The van der Waals surface area contributed by atoms with Crippen LogP contribution in [0.2, 0.25) is 0 Å². The molecule has 2 aromatic carbocycles. The molecule has 0 radical (unpaired) electrons. The summed E-state index contributed by atoms with van der Waals surface area (Å²) in [5.74, 6) is -0.386. The van der Waals surface area contributed by atoms with Crippen molar-refractivity contribution in [1.29, 1.82) is 0 Å². The Labute approximate surface area is 155 Å². The van der Waals surface area contributed by atoms with Crippen LogP contribution in [0.25, 0.3) is 10.2 Å². The number of hydrogen-bond donors (Lipinski definition) is 2. The van der Waals surface area contributed by atoms with Crippen LogP contribution in [-0.4, -0.2) is 23.6 Å². The molecular formula is C19H19N3O3S. The van der Waals surface area contributed by atoms with Crippen molar-refractivity contribution in [2.24, 2.45) is 0 Å². The first-order chi connectivity index (χ1) is 12.5. The van der Waals surface area contributed by atoms with Gasteiger partial charge in [0.25, 0.3) is 0 Å². The van der Waals surface area contributed by atoms with Crippen molar-refractivity contribution in [2.75, 3.05) is 17.2 Å². The second kappa shape index (κ2) is 7.53. The van der Waals surface area contributed by atoms with Gasteiger partial charge in [0.2, 0.25) is 0 Å². The lowest BCUT2D eigenvalue weighted by molar-refractivity contribution is 0.0526. The zero-order valence-electron chi connectivity index (χ0n) is 14.8. The average Bonchev–Trinajstić information content (AvgIpc) is 2.97. The van der Waals surface area contributed by atoms with E-state index < -0.39 is 0 Å². The highest BCUT2D eigenvalue weighted by atomic mass is 32.1. The number of benzene rings is 2. The van der Waals surface area contributed by atoms with Crippen LogP contribution >= 0.6 is 11.3 Å². The molecule has 0 unspecified atom stereocenters. The Hall–Kier alpha value is -2.93. The lowest BCUT2D eigenvalue weighted by Crippen LogP contribution is -2.19. The van der Waals surface area contributed by atoms with Gasteiger partial charge in [-0.1, -0.05) is 11.3 Å². The SMILES string of the molecule is CCOC(=O)c1ccc(NC(=O)Nc2nc3cc(C)c(C)cc3s2)cc1. The van der Waals surface area contributed by atoms with Gasteiger partial charge in [-0.15, -0.1) is 0 Å². The van der Waals surface area contributed by atoms with E-state index in [4.69, 9.17) is 4.74 Å². The zero-order valence-corrected chi connectivity index (χ0v) is 15.6. The first kappa shape index (κ1) is 17.9. The second-order valence-electron chi connectivity index (χ2n) is 5.80. The summed E-state index contributed by atoms with van der Waals surface area (Å²) in [5, 5.41) is 6.00. The Morgan fingerprint density at radius 3 is 2.46 bits per heavy atom. The fourth-order valence-corrected chi connectivity index (χ4v) is 3.34. The van der Waals surface area contributed by atoms with Crippen molar-refractivity contribution in [3.05, 3.63) is 53.1 Å². The third-order valence-corrected chi connectivity index (χ3v) is 4.81. The number of amides is 2. The minimum atomic E-state index is -0.388. The summed E-state index contributed by atoms with van der Waals surface area (Å²) in [6.07, 6.45) is 0. The number of carbonyl (C=O) groups excluding carboxylic acids is 2. The molecule has 2 N–H and O–H groups in total. The third kappa shape index (κ3) is 4.00. The number of nitrogens with one attached hydrogen (secondary N) is 2. The van der Waals surface area contributed by atoms with Gasteiger partial charge in [-0.3, -0.25) is 5.32 Å². The van der Waals surface area contributed by atoms with Crippen molar-refractivity contribution in [3.63, 3.8) is 0 Å². The van der Waals surface area contributed by atoms with E-state index in [1.807, 2.05) is 19.9 Å². The number of rotatable bonds is 4. The van der Waals surface area contributed by atoms with Gasteiger partial charge in [0, 0.05) is 5.69 Å². The summed E-state index contributed by atoms with van der Waals surface area (Å²) in [7, 11) is 0. The molecule has 6 nitrogen and oxygen atoms in total. The number of aromatic nitrogens is 1. The van der Waals surface area contributed by atoms with E-state index in [1.165, 1.54) is 22.5 Å². The Morgan fingerprint density at radius 2 is 1.77 bits per heavy atom. The van der Waals surface area contributed by atoms with Crippen molar-refractivity contribution >= 4 is 44.4 Å². The molecule has 1 aromatic heterocycles. The fourth-order valence-electron chi connectivity index (χ4n) is 2.40. The molecule has 0 saturated heterocycles. The number of thiazole rings is 1. The van der Waals surface area contributed by atoms with Crippen molar-refractivity contribution in [3.8, 4) is 0 Å². The fraction of sp³-hybridized carbons (Fsp3) is 0.211. The molecule has 26 heavy (non-hydrogen) atoms. The summed E-state index contributed by atoms with van der Waals surface area (Å²) < 4.78 is 5.96. The van der Waals surface area contributed by atoms with Crippen LogP contribution in [0, 0.1) is 13.8 Å². The van der Waals surface area contributed by atoms with Crippen LogP contribution in [0.4, 0.5) is 15.6 Å². The van der Waals surface area contributed by atoms with Crippen LogP contribution in [-0.2, 0) is 4.74 Å². The van der Waals surface area contributed by atoms with E-state index in [1.54, 1.807) is 31.2 Å². The molecule has 7 heteroatoms. The van der Waals surface area contributed by atoms with E-state index in [-0.39, 0.29) is 12.0 Å². The first-order valence-corrected chi connectivity index (χ1v) is 9.01. The third-order valence-electron chi connectivity index (χ3n) is 3.88. The number of anilines is 2. The van der Waals surface area contributed by atoms with Crippen molar-refractivity contribution in [2.45, 2.75) is 20.8 Å². The van der Waals surface area contributed by atoms with Gasteiger partial charge >= 0.3 is 12.0 Å². The topological polar surface area (TPSA) is 80.3 Å². The van der Waals surface area contributed by atoms with Crippen LogP contribution in [0.15, 0.2) is 36.4 Å². The monoisotopic (exact) mass is 369 g/mol. The normalized spacial score (nSPS) is 10.6. The predicted octanol–water partition coefficient (Wildman–Crippen LogP) is 4.73. The molecule has 3 aromatic rings. The van der Waals surface area contributed by atoms with Gasteiger partial charge in [0.15, 0.2) is 5.13 Å². The Balaban J connectivity index is 1.66. The van der Waals surface area contributed by atoms with Crippen molar-refractivity contribution < 1.29 is 14.3 Å². The Kier molecular flexibility index (Phi) is 5.18. The smallest absolute Gasteiger partial charge is 0.338 e. The van der Waals surface area contributed by atoms with Crippen LogP contribution in [0.3, 0.4) is 0 Å². The number of aryl methyl sites for hydroxylation is 2. The predicted molar refractivity (Wildman–Crippen MR) is 104 cm³/mol. The summed E-state index contributed by atoms with van der Waals surface area (Å²) in [5.41, 5.74) is 4.24. The molecule has 0 aliphatic heterocycles. The van der Waals surface area contributed by atoms with Gasteiger partial charge in [-0.05, 0) is 68.3 Å². The van der Waals surface area contributed by atoms with Gasteiger partial charge < -0.3 is 10.1 Å². The number of hydrogen-bond acceptors (Lipinski definition) is 5. The molecule has 134 valence electrons. The first-order valence-electron chi connectivity index (χ1n) is 8.19. The maximum Gasteiger partial charge on any atom is 0.338 e. The lowest BCUT2D eigenvalue weighted by Gasteiger charge is -2.06. The molecule has 0 bridgehead atoms. The van der Waals surface area contributed by atoms with E-state index >= 15 is 0 Å². The number of ether oxygens (including phenoxy) is 1. The lowest BCUT2D eigenvalue weighted by atomic mass is 10.1. The summed E-state index contributed by atoms with van der Waals surface area (Å²) in [6.45, 7) is 6.16. The maximum atomic E-state index is 12.2.